The highest BCUT2D eigenvalue weighted by molar-refractivity contribution is 6.34. The number of benzene rings is 1. The summed E-state index contributed by atoms with van der Waals surface area (Å²) in [5.74, 6) is -2.48. The van der Waals surface area contributed by atoms with Gasteiger partial charge in [0.15, 0.2) is 6.61 Å². The first kappa shape index (κ1) is 22.3. The zero-order valence-corrected chi connectivity index (χ0v) is 16.3. The standard InChI is InChI=1S/C18H12ClF4N3O5/c1-2-30-15(27)8-31-13-7-11(20)9(5-12(13)26(28)29)16-10(19)6-14(18(21,22)23)25-4-3-24-17(16)25/h3-7H,2,8H2,1H3. The topological polar surface area (TPSA) is 96.0 Å². The van der Waals surface area contributed by atoms with Gasteiger partial charge in [-0.2, -0.15) is 13.2 Å². The Kier molecular flexibility index (Phi) is 6.02. The van der Waals surface area contributed by atoms with Crippen LogP contribution in [0.5, 0.6) is 5.75 Å². The number of carbonyl (C=O) groups excluding carboxylic acids is 1. The normalized spacial score (nSPS) is 11.5. The lowest BCUT2D eigenvalue weighted by molar-refractivity contribution is -0.385. The molecule has 0 radical (unpaired) electrons. The summed E-state index contributed by atoms with van der Waals surface area (Å²) in [7, 11) is 0. The first-order valence-electron chi connectivity index (χ1n) is 8.54. The van der Waals surface area contributed by atoms with Gasteiger partial charge in [0.2, 0.25) is 5.75 Å². The van der Waals surface area contributed by atoms with Crippen LogP contribution < -0.4 is 4.74 Å². The van der Waals surface area contributed by atoms with Crippen molar-refractivity contribution in [2.24, 2.45) is 0 Å². The molecule has 0 unspecified atom stereocenters. The molecule has 0 atom stereocenters. The first-order valence-corrected chi connectivity index (χ1v) is 8.91. The number of hydrogen-bond donors (Lipinski definition) is 0. The molecule has 0 bridgehead atoms. The number of esters is 1. The Bertz CT molecular complexity index is 1180. The number of aromatic nitrogens is 2. The Labute approximate surface area is 176 Å². The average molecular weight is 462 g/mol. The van der Waals surface area contributed by atoms with Gasteiger partial charge in [0, 0.05) is 35.7 Å². The predicted octanol–water partition coefficient (Wildman–Crippen LogP) is 4.66. The molecule has 0 fully saturated rings. The van der Waals surface area contributed by atoms with Gasteiger partial charge >= 0.3 is 17.8 Å². The maximum Gasteiger partial charge on any atom is 0.431 e. The summed E-state index contributed by atoms with van der Waals surface area (Å²) < 4.78 is 65.0. The molecule has 0 aliphatic heterocycles. The van der Waals surface area contributed by atoms with Gasteiger partial charge < -0.3 is 9.47 Å². The molecule has 164 valence electrons. The summed E-state index contributed by atoms with van der Waals surface area (Å²) in [4.78, 5) is 25.8. The summed E-state index contributed by atoms with van der Waals surface area (Å²) in [5, 5.41) is 10.9. The lowest BCUT2D eigenvalue weighted by Gasteiger charge is -2.15. The van der Waals surface area contributed by atoms with Crippen molar-refractivity contribution in [3.63, 3.8) is 0 Å². The van der Waals surface area contributed by atoms with E-state index in [0.717, 1.165) is 18.5 Å². The largest absolute Gasteiger partial charge is 0.475 e. The minimum absolute atomic E-state index is 0.0460. The minimum atomic E-state index is -4.78. The van der Waals surface area contributed by atoms with Crippen molar-refractivity contribution in [2.45, 2.75) is 13.1 Å². The van der Waals surface area contributed by atoms with E-state index in [0.29, 0.717) is 16.5 Å². The van der Waals surface area contributed by atoms with E-state index in [2.05, 4.69) is 9.72 Å². The zero-order chi connectivity index (χ0) is 22.9. The van der Waals surface area contributed by atoms with Crippen LogP contribution in [0.15, 0.2) is 30.6 Å². The molecule has 13 heteroatoms. The number of fused-ring (bicyclic) bond motifs is 1. The fraction of sp³-hybridized carbons (Fsp3) is 0.222. The fourth-order valence-electron chi connectivity index (χ4n) is 2.85. The Morgan fingerprint density at radius 1 is 1.32 bits per heavy atom. The Morgan fingerprint density at radius 2 is 2.03 bits per heavy atom. The van der Waals surface area contributed by atoms with Gasteiger partial charge in [-0.05, 0) is 13.0 Å². The number of pyridine rings is 1. The highest BCUT2D eigenvalue weighted by Crippen LogP contribution is 2.42. The summed E-state index contributed by atoms with van der Waals surface area (Å²) in [6, 6.07) is 1.96. The maximum absolute atomic E-state index is 14.9. The van der Waals surface area contributed by atoms with E-state index < -0.39 is 57.2 Å². The third-order valence-electron chi connectivity index (χ3n) is 4.08. The third kappa shape index (κ3) is 4.38. The van der Waals surface area contributed by atoms with Crippen LogP contribution in [0.3, 0.4) is 0 Å². The number of imidazole rings is 1. The molecular weight excluding hydrogens is 450 g/mol. The molecule has 3 rings (SSSR count). The molecule has 0 aliphatic carbocycles. The molecule has 0 spiro atoms. The van der Waals surface area contributed by atoms with Crippen molar-refractivity contribution in [1.29, 1.82) is 0 Å². The second-order valence-corrected chi connectivity index (χ2v) is 6.43. The highest BCUT2D eigenvalue weighted by atomic mass is 35.5. The van der Waals surface area contributed by atoms with E-state index in [9.17, 15) is 32.5 Å². The van der Waals surface area contributed by atoms with Crippen LogP contribution in [0, 0.1) is 15.9 Å². The SMILES string of the molecule is CCOC(=O)COc1cc(F)c(-c2c(Cl)cc(C(F)(F)F)n3ccnc23)cc1[N+](=O)[O-]. The number of nitrogens with zero attached hydrogens (tertiary/aromatic N) is 3. The molecule has 31 heavy (non-hydrogen) atoms. The molecule has 2 heterocycles. The van der Waals surface area contributed by atoms with Gasteiger partial charge in [-0.15, -0.1) is 0 Å². The van der Waals surface area contributed by atoms with Crippen LogP contribution >= 0.6 is 11.6 Å². The monoisotopic (exact) mass is 461 g/mol. The minimum Gasteiger partial charge on any atom is -0.475 e. The lowest BCUT2D eigenvalue weighted by atomic mass is 10.0. The second-order valence-electron chi connectivity index (χ2n) is 6.02. The summed E-state index contributed by atoms with van der Waals surface area (Å²) in [6.07, 6.45) is -2.73. The molecule has 1 aromatic carbocycles. The van der Waals surface area contributed by atoms with E-state index in [1.165, 1.54) is 0 Å². The van der Waals surface area contributed by atoms with Gasteiger partial charge in [0.25, 0.3) is 0 Å². The highest BCUT2D eigenvalue weighted by Gasteiger charge is 2.35. The number of carbonyl (C=O) groups is 1. The maximum atomic E-state index is 14.9. The van der Waals surface area contributed by atoms with Crippen molar-refractivity contribution >= 4 is 28.9 Å². The molecule has 0 amide bonds. The summed E-state index contributed by atoms with van der Waals surface area (Å²) in [6.45, 7) is 0.877. The van der Waals surface area contributed by atoms with E-state index in [1.54, 1.807) is 6.92 Å². The van der Waals surface area contributed by atoms with Crippen molar-refractivity contribution < 1.29 is 36.8 Å². The lowest BCUT2D eigenvalue weighted by Crippen LogP contribution is -2.15. The van der Waals surface area contributed by atoms with Crippen LogP contribution in [-0.2, 0) is 15.7 Å². The molecule has 0 saturated carbocycles. The Hall–Kier alpha value is -3.41. The van der Waals surface area contributed by atoms with Crippen molar-refractivity contribution in [3.8, 4) is 16.9 Å². The first-order chi connectivity index (χ1) is 14.5. The van der Waals surface area contributed by atoms with Gasteiger partial charge in [-0.25, -0.2) is 14.2 Å². The van der Waals surface area contributed by atoms with Crippen LogP contribution in [0.25, 0.3) is 16.8 Å². The number of ether oxygens (including phenoxy) is 2. The second kappa shape index (κ2) is 8.38. The predicted molar refractivity (Wildman–Crippen MR) is 99.4 cm³/mol. The Morgan fingerprint density at radius 3 is 2.65 bits per heavy atom. The molecule has 0 aliphatic rings. The third-order valence-corrected chi connectivity index (χ3v) is 4.38. The number of hydrogen-bond acceptors (Lipinski definition) is 6. The zero-order valence-electron chi connectivity index (χ0n) is 15.6. The van der Waals surface area contributed by atoms with Crippen LogP contribution in [0.1, 0.15) is 12.6 Å². The van der Waals surface area contributed by atoms with E-state index >= 15 is 0 Å². The van der Waals surface area contributed by atoms with Gasteiger partial charge in [-0.1, -0.05) is 11.6 Å². The smallest absolute Gasteiger partial charge is 0.431 e. The fourth-order valence-corrected chi connectivity index (χ4v) is 3.14. The van der Waals surface area contributed by atoms with E-state index in [-0.39, 0.29) is 17.8 Å². The number of nitro benzene ring substituents is 1. The molecule has 0 N–H and O–H groups in total. The van der Waals surface area contributed by atoms with Crippen LogP contribution in [0.2, 0.25) is 5.02 Å². The van der Waals surface area contributed by atoms with Gasteiger partial charge in [0.1, 0.15) is 17.2 Å². The van der Waals surface area contributed by atoms with Crippen LogP contribution in [-0.4, -0.2) is 33.5 Å². The molecule has 0 saturated heterocycles. The summed E-state index contributed by atoms with van der Waals surface area (Å²) >= 11 is 6.00. The number of nitro groups is 1. The summed E-state index contributed by atoms with van der Waals surface area (Å²) in [5.41, 5.74) is -2.99. The van der Waals surface area contributed by atoms with Crippen LogP contribution in [0.4, 0.5) is 23.2 Å². The van der Waals surface area contributed by atoms with Crippen molar-refractivity contribution in [2.75, 3.05) is 13.2 Å². The molecular formula is C18H12ClF4N3O5. The quantitative estimate of drug-likeness (QED) is 0.229. The average Bonchev–Trinajstić information content (AvgIpc) is 3.15. The van der Waals surface area contributed by atoms with E-state index in [4.69, 9.17) is 16.3 Å². The molecule has 8 nitrogen and oxygen atoms in total. The molecule has 2 aromatic heterocycles. The number of rotatable bonds is 6. The van der Waals surface area contributed by atoms with Crippen molar-refractivity contribution in [3.05, 3.63) is 57.2 Å². The van der Waals surface area contributed by atoms with E-state index in [1.807, 2.05) is 0 Å². The number of alkyl halides is 3. The Balaban J connectivity index is 2.16. The molecule has 3 aromatic rings. The van der Waals surface area contributed by atoms with Crippen molar-refractivity contribution in [1.82, 2.24) is 9.38 Å². The number of halogens is 5. The van der Waals surface area contributed by atoms with Gasteiger partial charge in [-0.3, -0.25) is 14.5 Å². The van der Waals surface area contributed by atoms with Gasteiger partial charge in [0.05, 0.1) is 16.6 Å².